The van der Waals surface area contributed by atoms with Gasteiger partial charge in [0.2, 0.25) is 8.32 Å². The van der Waals surface area contributed by atoms with Crippen LogP contribution in [0.4, 0.5) is 0 Å². The summed E-state index contributed by atoms with van der Waals surface area (Å²) in [6.07, 6.45) is 0. The highest BCUT2D eigenvalue weighted by molar-refractivity contribution is 9.10. The molecule has 0 spiro atoms. The molecule has 2 aromatic carbocycles. The third-order valence-electron chi connectivity index (χ3n) is 4.23. The number of hydrogen-bond donors (Lipinski definition) is 0. The molecule has 2 rings (SSSR count). The van der Waals surface area contributed by atoms with E-state index in [9.17, 15) is 0 Å². The maximum atomic E-state index is 6.28. The Balaban J connectivity index is 2.10. The van der Waals surface area contributed by atoms with Gasteiger partial charge < -0.3 is 4.43 Å². The Bertz CT molecular complexity index is 713. The lowest BCUT2D eigenvalue weighted by Crippen LogP contribution is -2.43. The highest BCUT2D eigenvalue weighted by atomic mass is 79.9. The molecular weight excluding hydrogens is 364 g/mol. The van der Waals surface area contributed by atoms with E-state index in [0.29, 0.717) is 0 Å². The van der Waals surface area contributed by atoms with Crippen LogP contribution in [0.15, 0.2) is 53.0 Å². The fourth-order valence-corrected chi connectivity index (χ4v) is 3.03. The van der Waals surface area contributed by atoms with E-state index >= 15 is 0 Å². The number of benzene rings is 2. The molecule has 0 N–H and O–H groups in total. The van der Waals surface area contributed by atoms with Crippen molar-refractivity contribution < 1.29 is 4.43 Å². The molecule has 0 aromatic heterocycles. The van der Waals surface area contributed by atoms with Gasteiger partial charge in [0.1, 0.15) is 5.75 Å². The highest BCUT2D eigenvalue weighted by Crippen LogP contribution is 2.37. The SMILES string of the molecule is CC(C)(C)[Si](C)(C)Oc1ccc(C#Cc2ccc(Br)cc2)cc1. The summed E-state index contributed by atoms with van der Waals surface area (Å²) in [5, 5.41) is 0.201. The Morgan fingerprint density at radius 2 is 1.26 bits per heavy atom. The second-order valence-corrected chi connectivity index (χ2v) is 12.8. The quantitative estimate of drug-likeness (QED) is 0.438. The van der Waals surface area contributed by atoms with Crippen molar-refractivity contribution in [2.75, 3.05) is 0 Å². The number of halogens is 1. The first kappa shape index (κ1) is 17.8. The van der Waals surface area contributed by atoms with Gasteiger partial charge in [0.05, 0.1) is 0 Å². The predicted octanol–water partition coefficient (Wildman–Crippen LogP) is 6.23. The van der Waals surface area contributed by atoms with E-state index in [0.717, 1.165) is 21.3 Å². The fourth-order valence-electron chi connectivity index (χ4n) is 1.73. The molecule has 0 aliphatic carbocycles. The predicted molar refractivity (Wildman–Crippen MR) is 104 cm³/mol. The minimum Gasteiger partial charge on any atom is -0.544 e. The zero-order chi connectivity index (χ0) is 17.1. The highest BCUT2D eigenvalue weighted by Gasteiger charge is 2.38. The van der Waals surface area contributed by atoms with Crippen LogP contribution in [-0.2, 0) is 0 Å². The van der Waals surface area contributed by atoms with Crippen LogP contribution in [0, 0.1) is 11.8 Å². The van der Waals surface area contributed by atoms with E-state index < -0.39 is 8.32 Å². The molecule has 0 fully saturated rings. The topological polar surface area (TPSA) is 9.23 Å². The van der Waals surface area contributed by atoms with Gasteiger partial charge in [0.25, 0.3) is 0 Å². The van der Waals surface area contributed by atoms with E-state index in [2.05, 4.69) is 61.6 Å². The van der Waals surface area contributed by atoms with Gasteiger partial charge in [-0.2, -0.15) is 0 Å². The van der Waals surface area contributed by atoms with Gasteiger partial charge in [0, 0.05) is 15.6 Å². The summed E-state index contributed by atoms with van der Waals surface area (Å²) in [5.41, 5.74) is 2.00. The molecule has 0 bridgehead atoms. The Morgan fingerprint density at radius 3 is 1.70 bits per heavy atom. The van der Waals surface area contributed by atoms with Gasteiger partial charge in [0.15, 0.2) is 0 Å². The zero-order valence-corrected chi connectivity index (χ0v) is 17.0. The Kier molecular flexibility index (Phi) is 5.39. The summed E-state index contributed by atoms with van der Waals surface area (Å²) < 4.78 is 7.35. The summed E-state index contributed by atoms with van der Waals surface area (Å²) in [5.74, 6) is 7.30. The van der Waals surface area contributed by atoms with Crippen LogP contribution < -0.4 is 4.43 Å². The maximum absolute atomic E-state index is 6.28. The van der Waals surface area contributed by atoms with E-state index in [1.807, 2.05) is 48.5 Å². The third-order valence-corrected chi connectivity index (χ3v) is 9.12. The lowest BCUT2D eigenvalue weighted by atomic mass is 10.2. The van der Waals surface area contributed by atoms with E-state index in [4.69, 9.17) is 4.43 Å². The molecule has 1 nitrogen and oxygen atoms in total. The summed E-state index contributed by atoms with van der Waals surface area (Å²) in [7, 11) is -1.78. The molecular formula is C20H23BrOSi. The molecule has 0 aliphatic rings. The standard InChI is InChI=1S/C20H23BrOSi/c1-20(2,3)23(4,5)22-19-14-10-17(11-15-19)7-6-16-8-12-18(21)13-9-16/h8-15H,1-5H3. The Morgan fingerprint density at radius 1 is 0.826 bits per heavy atom. The van der Waals surface area contributed by atoms with Gasteiger partial charge in [-0.05, 0) is 66.7 Å². The molecule has 0 unspecified atom stereocenters. The lowest BCUT2D eigenvalue weighted by Gasteiger charge is -2.36. The molecule has 0 amide bonds. The van der Waals surface area contributed by atoms with Crippen molar-refractivity contribution in [1.29, 1.82) is 0 Å². The van der Waals surface area contributed by atoms with Crippen LogP contribution in [0.5, 0.6) is 5.75 Å². The maximum Gasteiger partial charge on any atom is 0.250 e. The monoisotopic (exact) mass is 386 g/mol. The van der Waals surface area contributed by atoms with Gasteiger partial charge >= 0.3 is 0 Å². The largest absolute Gasteiger partial charge is 0.544 e. The first-order chi connectivity index (χ1) is 10.7. The zero-order valence-electron chi connectivity index (χ0n) is 14.4. The first-order valence-electron chi connectivity index (χ1n) is 7.74. The molecule has 0 saturated heterocycles. The van der Waals surface area contributed by atoms with Crippen molar-refractivity contribution in [3.8, 4) is 17.6 Å². The second kappa shape index (κ2) is 6.94. The smallest absolute Gasteiger partial charge is 0.250 e. The molecule has 0 heterocycles. The normalized spacial score (nSPS) is 11.6. The molecule has 0 aliphatic heterocycles. The molecule has 0 atom stereocenters. The molecule has 0 radical (unpaired) electrons. The molecule has 120 valence electrons. The van der Waals surface area contributed by atoms with Crippen molar-refractivity contribution >= 4 is 24.2 Å². The van der Waals surface area contributed by atoms with Crippen molar-refractivity contribution in [3.63, 3.8) is 0 Å². The van der Waals surface area contributed by atoms with Crippen molar-refractivity contribution in [2.24, 2.45) is 0 Å². The van der Waals surface area contributed by atoms with Crippen LogP contribution >= 0.6 is 15.9 Å². The van der Waals surface area contributed by atoms with Gasteiger partial charge in [-0.25, -0.2) is 0 Å². The number of rotatable bonds is 2. The molecule has 2 aromatic rings. The number of hydrogen-bond acceptors (Lipinski definition) is 1. The fraction of sp³-hybridized carbons (Fsp3) is 0.300. The lowest BCUT2D eigenvalue weighted by molar-refractivity contribution is 0.492. The third kappa shape index (κ3) is 4.99. The van der Waals surface area contributed by atoms with Crippen LogP contribution in [0.1, 0.15) is 31.9 Å². The Hall–Kier alpha value is -1.50. The van der Waals surface area contributed by atoms with E-state index in [-0.39, 0.29) is 5.04 Å². The Labute approximate surface area is 149 Å². The van der Waals surface area contributed by atoms with Crippen LogP contribution in [0.3, 0.4) is 0 Å². The summed E-state index contributed by atoms with van der Waals surface area (Å²) in [6.45, 7) is 11.3. The molecule has 0 saturated carbocycles. The van der Waals surface area contributed by atoms with E-state index in [1.54, 1.807) is 0 Å². The van der Waals surface area contributed by atoms with Gasteiger partial charge in [-0.3, -0.25) is 0 Å². The van der Waals surface area contributed by atoms with Gasteiger partial charge in [-0.1, -0.05) is 48.5 Å². The average molecular weight is 387 g/mol. The molecule has 3 heteroatoms. The summed E-state index contributed by atoms with van der Waals surface area (Å²) in [6, 6.07) is 16.1. The first-order valence-corrected chi connectivity index (χ1v) is 11.4. The van der Waals surface area contributed by atoms with Crippen molar-refractivity contribution in [3.05, 3.63) is 64.1 Å². The molecule has 23 heavy (non-hydrogen) atoms. The van der Waals surface area contributed by atoms with Gasteiger partial charge in [-0.15, -0.1) is 0 Å². The summed E-state index contributed by atoms with van der Waals surface area (Å²) >= 11 is 3.43. The average Bonchev–Trinajstić information content (AvgIpc) is 2.47. The van der Waals surface area contributed by atoms with Crippen molar-refractivity contribution in [1.82, 2.24) is 0 Å². The summed E-state index contributed by atoms with van der Waals surface area (Å²) in [4.78, 5) is 0. The van der Waals surface area contributed by atoms with Crippen molar-refractivity contribution in [2.45, 2.75) is 38.9 Å². The minimum absolute atomic E-state index is 0.201. The second-order valence-electron chi connectivity index (χ2n) is 7.14. The van der Waals surface area contributed by atoms with Crippen LogP contribution in [0.2, 0.25) is 18.1 Å². The van der Waals surface area contributed by atoms with Crippen LogP contribution in [-0.4, -0.2) is 8.32 Å². The van der Waals surface area contributed by atoms with Crippen LogP contribution in [0.25, 0.3) is 0 Å². The minimum atomic E-state index is -1.78. The van der Waals surface area contributed by atoms with E-state index in [1.165, 1.54) is 0 Å².